The molecule has 0 nitrogen and oxygen atoms in total. The van der Waals surface area contributed by atoms with Crippen molar-refractivity contribution in [2.75, 3.05) is 0 Å². The maximum absolute atomic E-state index is 3.73. The first kappa shape index (κ1) is 26.3. The maximum Gasteiger partial charge on any atom is -1.00 e. The van der Waals surface area contributed by atoms with Gasteiger partial charge in [0, 0.05) is 5.92 Å². The van der Waals surface area contributed by atoms with E-state index < -0.39 is 0 Å². The van der Waals surface area contributed by atoms with Crippen molar-refractivity contribution >= 4 is 3.21 Å². The first-order valence-electron chi connectivity index (χ1n) is 9.72. The topological polar surface area (TPSA) is 0 Å². The fraction of sp³-hybridized carbons (Fsp3) is 0.346. The van der Waals surface area contributed by atoms with Crippen LogP contribution in [0.1, 0.15) is 64.2 Å². The van der Waals surface area contributed by atoms with E-state index in [1.807, 2.05) is 0 Å². The van der Waals surface area contributed by atoms with Crippen LogP contribution in [0.4, 0.5) is 0 Å². The number of hydrogen-bond acceptors (Lipinski definition) is 0. The summed E-state index contributed by atoms with van der Waals surface area (Å²) in [7, 11) is 0. The molecule has 2 aromatic carbocycles. The van der Waals surface area contributed by atoms with Gasteiger partial charge in [0.2, 0.25) is 0 Å². The molecule has 3 heteroatoms. The molecule has 29 heavy (non-hydrogen) atoms. The number of rotatable bonds is 1. The van der Waals surface area contributed by atoms with Crippen LogP contribution >= 0.6 is 0 Å². The molecular weight excluding hydrogens is 474 g/mol. The number of allylic oxidation sites excluding steroid dienone is 4. The van der Waals surface area contributed by atoms with Crippen LogP contribution in [0.2, 0.25) is 0 Å². The molecule has 0 spiro atoms. The second kappa shape index (κ2) is 10.5. The summed E-state index contributed by atoms with van der Waals surface area (Å²) in [5.74, 6) is 0.387. The van der Waals surface area contributed by atoms with Gasteiger partial charge in [-0.3, -0.25) is 0 Å². The number of halogens is 2. The largest absolute Gasteiger partial charge is 1.00 e. The zero-order chi connectivity index (χ0) is 19.8. The Kier molecular flexibility index (Phi) is 9.54. The summed E-state index contributed by atoms with van der Waals surface area (Å²) in [5.41, 5.74) is 9.93. The third-order valence-corrected chi connectivity index (χ3v) is 5.15. The van der Waals surface area contributed by atoms with Crippen LogP contribution in [-0.2, 0) is 30.7 Å². The molecule has 1 atom stereocenters. The minimum atomic E-state index is 0. The van der Waals surface area contributed by atoms with Crippen LogP contribution in [-0.4, -0.2) is 3.21 Å². The Bertz CT molecular complexity index is 941. The molecule has 0 radical (unpaired) electrons. The van der Waals surface area contributed by atoms with Crippen molar-refractivity contribution in [1.82, 2.24) is 0 Å². The van der Waals surface area contributed by atoms with Crippen LogP contribution in [0.25, 0.3) is 11.1 Å². The molecule has 2 aliphatic rings. The van der Waals surface area contributed by atoms with Crippen molar-refractivity contribution in [2.45, 2.75) is 53.9 Å². The van der Waals surface area contributed by atoms with Crippen molar-refractivity contribution < 1.29 is 49.0 Å². The van der Waals surface area contributed by atoms with Gasteiger partial charge in [-0.05, 0) is 24.3 Å². The molecule has 0 N–H and O–H groups in total. The van der Waals surface area contributed by atoms with Gasteiger partial charge in [0.05, 0.1) is 0 Å². The van der Waals surface area contributed by atoms with Gasteiger partial charge < -0.3 is 24.8 Å². The fourth-order valence-corrected chi connectivity index (χ4v) is 3.75. The quantitative estimate of drug-likeness (QED) is 0.432. The van der Waals surface area contributed by atoms with E-state index in [9.17, 15) is 0 Å². The van der Waals surface area contributed by atoms with E-state index in [0.29, 0.717) is 5.92 Å². The van der Waals surface area contributed by atoms with Gasteiger partial charge in [-0.25, -0.2) is 0 Å². The van der Waals surface area contributed by atoms with Crippen LogP contribution in [0.3, 0.4) is 0 Å². The predicted octanol–water partition coefficient (Wildman–Crippen LogP) is 0.827. The van der Waals surface area contributed by atoms with Gasteiger partial charge in [0.25, 0.3) is 0 Å². The first-order valence-corrected chi connectivity index (χ1v) is 11.0. The van der Waals surface area contributed by atoms with E-state index in [1.54, 1.807) is 24.2 Å². The summed E-state index contributed by atoms with van der Waals surface area (Å²) in [6, 6.07) is 17.0. The van der Waals surface area contributed by atoms with E-state index in [4.69, 9.17) is 0 Å². The summed E-state index contributed by atoms with van der Waals surface area (Å²) < 4.78 is 1.51. The van der Waals surface area contributed by atoms with E-state index in [1.165, 1.54) is 42.2 Å². The van der Waals surface area contributed by atoms with Gasteiger partial charge in [0.15, 0.2) is 0 Å². The molecule has 0 saturated carbocycles. The van der Waals surface area contributed by atoms with E-state index >= 15 is 0 Å². The molecule has 0 saturated heterocycles. The van der Waals surface area contributed by atoms with Gasteiger partial charge in [-0.15, -0.1) is 11.1 Å². The predicted molar refractivity (Wildman–Crippen MR) is 114 cm³/mol. The maximum atomic E-state index is 3.73. The molecule has 0 amide bonds. The second-order valence-electron chi connectivity index (χ2n) is 8.88. The van der Waals surface area contributed by atoms with Gasteiger partial charge in [-0.2, -0.15) is 23.8 Å². The first-order chi connectivity index (χ1) is 12.7. The molecule has 0 aromatic heterocycles. The smallest absolute Gasteiger partial charge is 1.00 e. The third kappa shape index (κ3) is 6.13. The van der Waals surface area contributed by atoms with Crippen molar-refractivity contribution in [3.05, 3.63) is 82.5 Å². The van der Waals surface area contributed by atoms with Crippen molar-refractivity contribution in [2.24, 2.45) is 5.41 Å². The van der Waals surface area contributed by atoms with E-state index in [-0.39, 0.29) is 30.2 Å². The van der Waals surface area contributed by atoms with Crippen LogP contribution in [0.15, 0.2) is 59.7 Å². The van der Waals surface area contributed by atoms with Crippen molar-refractivity contribution in [1.29, 1.82) is 0 Å². The number of fused-ring (bicyclic) bond motifs is 3. The normalized spacial score (nSPS) is 16.2. The molecule has 1 unspecified atom stereocenters. The van der Waals surface area contributed by atoms with Gasteiger partial charge >= 0.3 is 41.3 Å². The van der Waals surface area contributed by atoms with Crippen molar-refractivity contribution in [3.63, 3.8) is 0 Å². The Balaban J connectivity index is 0.000000646. The number of hydrogen-bond donors (Lipinski definition) is 0. The van der Waals surface area contributed by atoms with E-state index in [0.717, 1.165) is 6.42 Å². The number of benzene rings is 2. The summed E-state index contributed by atoms with van der Waals surface area (Å²) >= 11 is 1.55. The Morgan fingerprint density at radius 1 is 1.00 bits per heavy atom. The summed E-state index contributed by atoms with van der Waals surface area (Å²) in [6.07, 6.45) is 5.81. The van der Waals surface area contributed by atoms with Crippen LogP contribution in [0, 0.1) is 11.5 Å². The monoisotopic (exact) mass is 501 g/mol. The summed E-state index contributed by atoms with van der Waals surface area (Å²) in [5, 5.41) is 0. The molecule has 2 aromatic rings. The Labute approximate surface area is 204 Å². The SMILES string of the molecule is CC1=CC(C(C)(C)C)=CC1c1[c-]c2c(cc1)-c1ccccc1C2.C[C](C)=[Zr+2].[Cl-].[Cl-]. The third-order valence-electron chi connectivity index (χ3n) is 5.15. The van der Waals surface area contributed by atoms with E-state index in [2.05, 4.69) is 96.2 Å². The van der Waals surface area contributed by atoms with Gasteiger partial charge in [-0.1, -0.05) is 73.9 Å². The minimum absolute atomic E-state index is 0. The molecule has 0 heterocycles. The Morgan fingerprint density at radius 2 is 1.62 bits per heavy atom. The molecular formula is C26H29Cl2Zr-. The second-order valence-corrected chi connectivity index (χ2v) is 11.3. The minimum Gasteiger partial charge on any atom is -1.00 e. The zero-order valence-electron chi connectivity index (χ0n) is 18.2. The molecule has 0 fully saturated rings. The molecule has 0 bridgehead atoms. The Hall–Kier alpha value is -0.747. The Morgan fingerprint density at radius 3 is 2.21 bits per heavy atom. The van der Waals surface area contributed by atoms with Crippen molar-refractivity contribution in [3.8, 4) is 11.1 Å². The van der Waals surface area contributed by atoms with Gasteiger partial charge in [0.1, 0.15) is 0 Å². The zero-order valence-corrected chi connectivity index (χ0v) is 22.1. The average Bonchev–Trinajstić information content (AvgIpc) is 3.13. The van der Waals surface area contributed by atoms with Crippen LogP contribution in [0.5, 0.6) is 0 Å². The summed E-state index contributed by atoms with van der Waals surface area (Å²) in [6.45, 7) is 13.3. The standard InChI is InChI=1S/C23H23.C3H6.2ClH.Zr/c1-15-11-19(23(2,3)4)14-22(15)17-9-10-21-18(13-17)12-16-7-5-6-8-20(16)21;1-3-2;;;/h5-11,14,22H,12H2,1-4H3;1-2H3;2*1H;/q-1;;;;+2/p-2. The molecule has 2 aliphatic carbocycles. The summed E-state index contributed by atoms with van der Waals surface area (Å²) in [4.78, 5) is 0. The fourth-order valence-electron chi connectivity index (χ4n) is 3.75. The van der Waals surface area contributed by atoms with Crippen LogP contribution < -0.4 is 24.8 Å². The average molecular weight is 504 g/mol. The molecule has 4 rings (SSSR count). The molecule has 152 valence electrons. The molecule has 0 aliphatic heterocycles.